The van der Waals surface area contributed by atoms with Crippen LogP contribution in [0.5, 0.6) is 11.5 Å². The lowest BCUT2D eigenvalue weighted by atomic mass is 9.99. The molecule has 0 saturated carbocycles. The van der Waals surface area contributed by atoms with Gasteiger partial charge in [-0.2, -0.15) is 5.10 Å². The number of carbonyl (C=O) groups excluding carboxylic acids is 2. The molecule has 1 fully saturated rings. The molecule has 10 heteroatoms. The van der Waals surface area contributed by atoms with Crippen molar-refractivity contribution in [1.29, 1.82) is 0 Å². The number of fused-ring (bicyclic) bond motifs is 2. The lowest BCUT2D eigenvalue weighted by Crippen LogP contribution is -2.48. The molecule has 1 unspecified atom stereocenters. The van der Waals surface area contributed by atoms with Gasteiger partial charge in [-0.15, -0.1) is 11.8 Å². The number of morpholine rings is 1. The van der Waals surface area contributed by atoms with Crippen LogP contribution in [0.25, 0.3) is 16.9 Å². The molecule has 2 amide bonds. The lowest BCUT2D eigenvalue weighted by Gasteiger charge is -2.30. The maximum absolute atomic E-state index is 14.1. The molecule has 0 aliphatic carbocycles. The first-order valence-electron chi connectivity index (χ1n) is 14.4. The van der Waals surface area contributed by atoms with Crippen LogP contribution in [0.1, 0.15) is 27.5 Å². The van der Waals surface area contributed by atoms with Crippen molar-refractivity contribution in [3.8, 4) is 28.4 Å². The third kappa shape index (κ3) is 5.04. The Labute approximate surface area is 254 Å². The van der Waals surface area contributed by atoms with Crippen LogP contribution in [0.4, 0.5) is 5.82 Å². The summed E-state index contributed by atoms with van der Waals surface area (Å²) in [5.74, 6) is 1.95. The Kier molecular flexibility index (Phi) is 7.32. The summed E-state index contributed by atoms with van der Waals surface area (Å²) in [6, 6.07) is 22.0. The number of thioether (sulfide) groups is 1. The number of hydrogen-bond acceptors (Lipinski definition) is 7. The molecule has 3 aromatic carbocycles. The van der Waals surface area contributed by atoms with Gasteiger partial charge in [-0.05, 0) is 48.7 Å². The molecule has 0 radical (unpaired) electrons. The molecule has 220 valence electrons. The van der Waals surface area contributed by atoms with Gasteiger partial charge in [-0.1, -0.05) is 48.5 Å². The van der Waals surface area contributed by atoms with Crippen LogP contribution < -0.4 is 14.4 Å². The van der Waals surface area contributed by atoms with E-state index in [1.165, 1.54) is 11.8 Å². The molecule has 4 aromatic rings. The van der Waals surface area contributed by atoms with Gasteiger partial charge in [0.05, 0.1) is 35.6 Å². The molecular weight excluding hydrogens is 564 g/mol. The minimum absolute atomic E-state index is 0.0783. The number of rotatable bonds is 5. The second kappa shape index (κ2) is 11.4. The first-order valence-corrected chi connectivity index (χ1v) is 15.5. The number of aryl methyl sites for hydroxylation is 1. The summed E-state index contributed by atoms with van der Waals surface area (Å²) in [6.07, 6.45) is 0. The maximum Gasteiger partial charge on any atom is 0.242 e. The normalized spacial score (nSPS) is 18.0. The quantitative estimate of drug-likeness (QED) is 0.324. The van der Waals surface area contributed by atoms with E-state index in [-0.39, 0.29) is 36.2 Å². The third-order valence-corrected chi connectivity index (χ3v) is 9.55. The van der Waals surface area contributed by atoms with Crippen molar-refractivity contribution in [2.45, 2.75) is 19.1 Å². The number of benzene rings is 3. The average molecular weight is 597 g/mol. The van der Waals surface area contributed by atoms with Crippen molar-refractivity contribution in [1.82, 2.24) is 14.7 Å². The molecule has 0 N–H and O–H groups in total. The smallest absolute Gasteiger partial charge is 0.242 e. The molecule has 3 aliphatic heterocycles. The summed E-state index contributed by atoms with van der Waals surface area (Å²) in [5.41, 5.74) is 6.59. The Morgan fingerprint density at radius 3 is 2.58 bits per heavy atom. The van der Waals surface area contributed by atoms with Gasteiger partial charge in [0.2, 0.25) is 18.6 Å². The van der Waals surface area contributed by atoms with Crippen molar-refractivity contribution >= 4 is 29.4 Å². The Morgan fingerprint density at radius 2 is 1.77 bits per heavy atom. The van der Waals surface area contributed by atoms with Gasteiger partial charge < -0.3 is 19.1 Å². The van der Waals surface area contributed by atoms with Gasteiger partial charge in [0.15, 0.2) is 11.5 Å². The largest absolute Gasteiger partial charge is 0.454 e. The number of anilines is 1. The van der Waals surface area contributed by atoms with E-state index in [9.17, 15) is 9.59 Å². The second-order valence-electron chi connectivity index (χ2n) is 10.9. The Morgan fingerprint density at radius 1 is 0.977 bits per heavy atom. The maximum atomic E-state index is 14.1. The van der Waals surface area contributed by atoms with Crippen molar-refractivity contribution in [2.24, 2.45) is 0 Å². The van der Waals surface area contributed by atoms with Gasteiger partial charge in [0.1, 0.15) is 12.4 Å². The lowest BCUT2D eigenvalue weighted by molar-refractivity contribution is -0.134. The van der Waals surface area contributed by atoms with Crippen molar-refractivity contribution in [2.75, 3.05) is 50.3 Å². The third-order valence-electron chi connectivity index (χ3n) is 8.30. The van der Waals surface area contributed by atoms with Crippen molar-refractivity contribution < 1.29 is 23.8 Å². The van der Waals surface area contributed by atoms with Crippen molar-refractivity contribution in [3.63, 3.8) is 0 Å². The Hall–Kier alpha value is -4.28. The van der Waals surface area contributed by atoms with Crippen LogP contribution in [0, 0.1) is 13.8 Å². The van der Waals surface area contributed by atoms with E-state index in [1.54, 1.807) is 9.80 Å². The molecular formula is C33H32N4O5S. The van der Waals surface area contributed by atoms with Crippen LogP contribution in [0.15, 0.2) is 66.7 Å². The molecule has 4 heterocycles. The van der Waals surface area contributed by atoms with Gasteiger partial charge in [-0.3, -0.25) is 14.5 Å². The fourth-order valence-electron chi connectivity index (χ4n) is 5.85. The number of aromatic nitrogens is 2. The van der Waals surface area contributed by atoms with Gasteiger partial charge >= 0.3 is 0 Å². The molecule has 9 nitrogen and oxygen atoms in total. The summed E-state index contributed by atoms with van der Waals surface area (Å²) < 4.78 is 18.7. The molecule has 1 atom stereocenters. The van der Waals surface area contributed by atoms with Crippen LogP contribution in [-0.4, -0.2) is 71.9 Å². The van der Waals surface area contributed by atoms with Crippen LogP contribution in [0.3, 0.4) is 0 Å². The fraction of sp³-hybridized carbons (Fsp3) is 0.303. The van der Waals surface area contributed by atoms with Gasteiger partial charge in [0.25, 0.3) is 0 Å². The molecule has 0 spiro atoms. The van der Waals surface area contributed by atoms with Crippen LogP contribution in [-0.2, 0) is 14.3 Å². The first-order chi connectivity index (χ1) is 21.0. The SMILES string of the molecule is Cc1cccc(-n2nc(-c3ccccc3)c3c2N(CC(=O)N2CCOCC2)C(=O)CSC3c2ccc3c(c2)OCO3)c1C. The highest BCUT2D eigenvalue weighted by Crippen LogP contribution is 2.50. The molecule has 7 rings (SSSR count). The van der Waals surface area contributed by atoms with Gasteiger partial charge in [0, 0.05) is 24.2 Å². The van der Waals surface area contributed by atoms with E-state index in [4.69, 9.17) is 19.3 Å². The number of carbonyl (C=O) groups is 2. The predicted molar refractivity (Wildman–Crippen MR) is 165 cm³/mol. The highest BCUT2D eigenvalue weighted by Gasteiger charge is 2.39. The van der Waals surface area contributed by atoms with E-state index in [2.05, 4.69) is 19.9 Å². The number of amides is 2. The van der Waals surface area contributed by atoms with E-state index in [1.807, 2.05) is 65.3 Å². The zero-order chi connectivity index (χ0) is 29.5. The van der Waals surface area contributed by atoms with Gasteiger partial charge in [-0.25, -0.2) is 4.68 Å². The number of hydrogen-bond donors (Lipinski definition) is 0. The van der Waals surface area contributed by atoms with Crippen molar-refractivity contribution in [3.05, 3.63) is 89.0 Å². The van der Waals surface area contributed by atoms with Crippen LogP contribution in [0.2, 0.25) is 0 Å². The van der Waals surface area contributed by atoms with E-state index in [0.717, 1.165) is 39.2 Å². The predicted octanol–water partition coefficient (Wildman–Crippen LogP) is 4.91. The summed E-state index contributed by atoms with van der Waals surface area (Å²) in [4.78, 5) is 31.2. The molecule has 0 bridgehead atoms. The summed E-state index contributed by atoms with van der Waals surface area (Å²) in [5, 5.41) is 4.98. The second-order valence-corrected chi connectivity index (χ2v) is 12.0. The number of ether oxygens (including phenoxy) is 3. The minimum Gasteiger partial charge on any atom is -0.454 e. The zero-order valence-corrected chi connectivity index (χ0v) is 24.9. The summed E-state index contributed by atoms with van der Waals surface area (Å²) in [6.45, 7) is 6.23. The first kappa shape index (κ1) is 27.5. The molecule has 1 saturated heterocycles. The summed E-state index contributed by atoms with van der Waals surface area (Å²) >= 11 is 1.54. The number of nitrogens with zero attached hydrogens (tertiary/aromatic N) is 4. The standard InChI is InChI=1S/C33H32N4O5S/c1-21-7-6-10-25(22(21)2)37-33-30(31(34-37)23-8-4-3-5-9-23)32(24-11-12-26-27(17-24)42-20-41-26)43-19-29(39)36(33)18-28(38)35-13-15-40-16-14-35/h3-12,17,32H,13-16,18-20H2,1-2H3. The highest BCUT2D eigenvalue weighted by atomic mass is 32.2. The van der Waals surface area contributed by atoms with E-state index in [0.29, 0.717) is 43.6 Å². The minimum atomic E-state index is -0.258. The average Bonchev–Trinajstić information content (AvgIpc) is 3.64. The molecule has 1 aromatic heterocycles. The Balaban J connectivity index is 1.47. The van der Waals surface area contributed by atoms with Crippen LogP contribution >= 0.6 is 11.8 Å². The molecule has 43 heavy (non-hydrogen) atoms. The highest BCUT2D eigenvalue weighted by molar-refractivity contribution is 8.00. The molecule has 3 aliphatic rings. The zero-order valence-electron chi connectivity index (χ0n) is 24.1. The fourth-order valence-corrected chi connectivity index (χ4v) is 7.04. The van der Waals surface area contributed by atoms with E-state index >= 15 is 0 Å². The topological polar surface area (TPSA) is 86.1 Å². The van der Waals surface area contributed by atoms with E-state index < -0.39 is 0 Å². The monoisotopic (exact) mass is 596 g/mol. The Bertz CT molecular complexity index is 1700. The summed E-state index contributed by atoms with van der Waals surface area (Å²) in [7, 11) is 0.